The third-order valence-corrected chi connectivity index (χ3v) is 5.93. The molecular weight excluding hydrogens is 352 g/mol. The fraction of sp³-hybridized carbons (Fsp3) is 0.636. The molecule has 0 N–H and O–H groups in total. The molecule has 0 aromatic carbocycles. The summed E-state index contributed by atoms with van der Waals surface area (Å²) < 4.78 is 0. The maximum atomic E-state index is 4.80. The Balaban J connectivity index is 2.92. The first-order chi connectivity index (χ1) is 12.7. The van der Waals surface area contributed by atoms with Crippen LogP contribution in [0.1, 0.15) is 58.3 Å². The summed E-state index contributed by atoms with van der Waals surface area (Å²) in [6.45, 7) is 16.9. The summed E-state index contributed by atoms with van der Waals surface area (Å²) in [5, 5.41) is 0.988. The van der Waals surface area contributed by atoms with Gasteiger partial charge < -0.3 is 9.80 Å². The minimum absolute atomic E-state index is 0.164. The van der Waals surface area contributed by atoms with E-state index < -0.39 is 0 Å². The number of aryl methyl sites for hydroxylation is 1. The molecule has 0 saturated heterocycles. The topological polar surface area (TPSA) is 32.3 Å². The van der Waals surface area contributed by atoms with E-state index in [0.29, 0.717) is 6.04 Å². The predicted molar refractivity (Wildman–Crippen MR) is 120 cm³/mol. The van der Waals surface area contributed by atoms with Crippen LogP contribution >= 0.6 is 11.3 Å². The second-order valence-electron chi connectivity index (χ2n) is 7.93. The van der Waals surface area contributed by atoms with Crippen LogP contribution in [0.25, 0.3) is 0 Å². The molecule has 0 bridgehead atoms. The zero-order chi connectivity index (χ0) is 20.4. The van der Waals surface area contributed by atoms with E-state index >= 15 is 0 Å². The first-order valence-corrected chi connectivity index (χ1v) is 10.8. The minimum Gasteiger partial charge on any atom is -0.351 e. The Labute approximate surface area is 170 Å². The SMILES string of the molecule is C=CC(C)(C)c1ccc(C)nc(N(C)CCC(C)N(C)CCCC)scn1. The highest BCUT2D eigenvalue weighted by molar-refractivity contribution is 7.13. The Kier molecular flexibility index (Phi) is 9.95. The molecule has 5 heteroatoms. The molecule has 1 unspecified atom stereocenters. The number of aromatic nitrogens is 2. The van der Waals surface area contributed by atoms with Gasteiger partial charge in [0.15, 0.2) is 5.13 Å². The zero-order valence-electron chi connectivity index (χ0n) is 18.3. The van der Waals surface area contributed by atoms with Crippen molar-refractivity contribution in [2.45, 2.75) is 65.3 Å². The Bertz CT molecular complexity index is 637. The van der Waals surface area contributed by atoms with Crippen LogP contribution in [0.4, 0.5) is 5.13 Å². The molecule has 1 aromatic rings. The number of rotatable bonds is 10. The Morgan fingerprint density at radius 3 is 2.59 bits per heavy atom. The molecule has 4 nitrogen and oxygen atoms in total. The first-order valence-electron chi connectivity index (χ1n) is 9.93. The van der Waals surface area contributed by atoms with Crippen molar-refractivity contribution in [2.24, 2.45) is 0 Å². The third kappa shape index (κ3) is 7.97. The van der Waals surface area contributed by atoms with Gasteiger partial charge in [-0.25, -0.2) is 9.97 Å². The van der Waals surface area contributed by atoms with Gasteiger partial charge in [0.25, 0.3) is 0 Å². The smallest absolute Gasteiger partial charge is 0.186 e. The Hall–Kier alpha value is -1.46. The van der Waals surface area contributed by atoms with Crippen molar-refractivity contribution < 1.29 is 0 Å². The van der Waals surface area contributed by atoms with Crippen molar-refractivity contribution in [2.75, 3.05) is 32.1 Å². The van der Waals surface area contributed by atoms with Gasteiger partial charge in [0.05, 0.1) is 11.2 Å². The lowest BCUT2D eigenvalue weighted by molar-refractivity contribution is 0.244. The summed E-state index contributed by atoms with van der Waals surface area (Å²) in [7, 11) is 4.34. The van der Waals surface area contributed by atoms with E-state index in [9.17, 15) is 0 Å². The van der Waals surface area contributed by atoms with Crippen LogP contribution < -0.4 is 4.90 Å². The summed E-state index contributed by atoms with van der Waals surface area (Å²) >= 11 is 1.58. The quantitative estimate of drug-likeness (QED) is 0.502. The molecule has 0 aliphatic heterocycles. The second-order valence-corrected chi connectivity index (χ2v) is 8.74. The molecule has 0 aliphatic rings. The van der Waals surface area contributed by atoms with Crippen LogP contribution in [-0.4, -0.2) is 48.1 Å². The van der Waals surface area contributed by atoms with Gasteiger partial charge in [0.2, 0.25) is 0 Å². The van der Waals surface area contributed by atoms with E-state index in [0.717, 1.165) is 29.5 Å². The molecule has 152 valence electrons. The van der Waals surface area contributed by atoms with Crippen molar-refractivity contribution in [3.8, 4) is 0 Å². The molecule has 1 atom stereocenters. The van der Waals surface area contributed by atoms with Gasteiger partial charge in [0, 0.05) is 30.7 Å². The van der Waals surface area contributed by atoms with Crippen molar-refractivity contribution in [3.63, 3.8) is 0 Å². The number of nitrogens with zero attached hydrogens (tertiary/aromatic N) is 4. The summed E-state index contributed by atoms with van der Waals surface area (Å²) in [6, 6.07) is 4.65. The van der Waals surface area contributed by atoms with Crippen molar-refractivity contribution in [1.82, 2.24) is 14.9 Å². The largest absolute Gasteiger partial charge is 0.351 e. The summed E-state index contributed by atoms with van der Waals surface area (Å²) in [5.74, 6) is 0. The summed E-state index contributed by atoms with van der Waals surface area (Å²) in [4.78, 5) is 14.2. The summed E-state index contributed by atoms with van der Waals surface area (Å²) in [6.07, 6.45) is 5.56. The van der Waals surface area contributed by atoms with E-state index in [1.807, 2.05) is 30.6 Å². The van der Waals surface area contributed by atoms with Crippen LogP contribution in [-0.2, 0) is 5.41 Å². The molecule has 1 rings (SSSR count). The average Bonchev–Trinajstić information content (AvgIpc) is 2.74. The Morgan fingerprint density at radius 2 is 1.96 bits per heavy atom. The van der Waals surface area contributed by atoms with E-state index in [2.05, 4.69) is 63.2 Å². The van der Waals surface area contributed by atoms with Gasteiger partial charge in [-0.2, -0.15) is 0 Å². The lowest BCUT2D eigenvalue weighted by atomic mass is 9.89. The molecule has 27 heavy (non-hydrogen) atoms. The second kappa shape index (κ2) is 11.4. The fourth-order valence-electron chi connectivity index (χ4n) is 2.57. The number of allylic oxidation sites excluding steroid dienone is 1. The predicted octanol–water partition coefficient (Wildman–Crippen LogP) is 5.38. The number of hydrogen-bond acceptors (Lipinski definition) is 5. The van der Waals surface area contributed by atoms with Crippen molar-refractivity contribution >= 4 is 16.5 Å². The number of anilines is 1. The Morgan fingerprint density at radius 1 is 1.26 bits per heavy atom. The lowest BCUT2D eigenvalue weighted by Crippen LogP contribution is -2.33. The van der Waals surface area contributed by atoms with Crippen LogP contribution in [0.3, 0.4) is 0 Å². The van der Waals surface area contributed by atoms with Crippen LogP contribution in [0.5, 0.6) is 0 Å². The van der Waals surface area contributed by atoms with Gasteiger partial charge in [0.1, 0.15) is 0 Å². The maximum absolute atomic E-state index is 4.80. The van der Waals surface area contributed by atoms with Crippen LogP contribution in [0.2, 0.25) is 0 Å². The van der Waals surface area contributed by atoms with E-state index in [1.54, 1.807) is 11.3 Å². The van der Waals surface area contributed by atoms with E-state index in [1.165, 1.54) is 19.4 Å². The van der Waals surface area contributed by atoms with Gasteiger partial charge in [-0.3, -0.25) is 0 Å². The molecule has 0 saturated carbocycles. The number of hydrogen-bond donors (Lipinski definition) is 0. The molecule has 0 fully saturated rings. The van der Waals surface area contributed by atoms with E-state index in [4.69, 9.17) is 4.98 Å². The van der Waals surface area contributed by atoms with Crippen molar-refractivity contribution in [3.05, 3.63) is 41.7 Å². The lowest BCUT2D eigenvalue weighted by Gasteiger charge is -2.26. The molecule has 0 aliphatic carbocycles. The van der Waals surface area contributed by atoms with Gasteiger partial charge in [-0.05, 0) is 52.4 Å². The van der Waals surface area contributed by atoms with Crippen LogP contribution in [0.15, 0.2) is 30.3 Å². The maximum Gasteiger partial charge on any atom is 0.186 e. The molecular formula is C22H38N4S. The minimum atomic E-state index is -0.164. The average molecular weight is 391 g/mol. The first kappa shape index (κ1) is 23.6. The van der Waals surface area contributed by atoms with Crippen molar-refractivity contribution in [1.29, 1.82) is 0 Å². The van der Waals surface area contributed by atoms with Gasteiger partial charge in [-0.1, -0.05) is 44.6 Å². The highest BCUT2D eigenvalue weighted by atomic mass is 32.1. The molecule has 1 aromatic heterocycles. The standard InChI is InChI=1S/C22H38N4S/c1-9-11-15-25(7)19(4)14-16-26(8)21-24-18(3)12-13-20(23-17-27-21)22(5,6)10-2/h10,12-13,17,19H,2,9,11,14-16H2,1,3-8H3. The fourth-order valence-corrected chi connectivity index (χ4v) is 3.30. The zero-order valence-corrected chi connectivity index (χ0v) is 19.1. The highest BCUT2D eigenvalue weighted by Crippen LogP contribution is 2.22. The monoisotopic (exact) mass is 390 g/mol. The third-order valence-electron chi connectivity index (χ3n) is 5.10. The summed E-state index contributed by atoms with van der Waals surface area (Å²) in [5.41, 5.74) is 3.72. The highest BCUT2D eigenvalue weighted by Gasteiger charge is 2.16. The molecule has 0 radical (unpaired) electrons. The molecule has 1 heterocycles. The normalized spacial score (nSPS) is 12.6. The van der Waals surface area contributed by atoms with Gasteiger partial charge >= 0.3 is 0 Å². The molecule has 0 spiro atoms. The molecule has 0 amide bonds. The van der Waals surface area contributed by atoms with E-state index in [-0.39, 0.29) is 5.41 Å². The van der Waals surface area contributed by atoms with Crippen LogP contribution in [0, 0.1) is 6.92 Å². The number of unbranched alkanes of at least 4 members (excludes halogenated alkanes) is 1. The van der Waals surface area contributed by atoms with Gasteiger partial charge in [-0.15, -0.1) is 6.58 Å².